The fourth-order valence-electron chi connectivity index (χ4n) is 3.01. The normalized spacial score (nSPS) is 17.5. The zero-order valence-electron chi connectivity index (χ0n) is 13.1. The second kappa shape index (κ2) is 7.17. The lowest BCUT2D eigenvalue weighted by Gasteiger charge is -2.37. The maximum Gasteiger partial charge on any atom is 0.0712 e. The number of alkyl halides is 1. The molecule has 2 aromatic rings. The lowest BCUT2D eigenvalue weighted by Crippen LogP contribution is -2.47. The molecular formula is C19H23ClN2. The van der Waals surface area contributed by atoms with Gasteiger partial charge in [0.25, 0.3) is 0 Å². The lowest BCUT2D eigenvalue weighted by molar-refractivity contribution is 0.258. The number of aryl methyl sites for hydroxylation is 1. The van der Waals surface area contributed by atoms with Crippen molar-refractivity contribution in [3.63, 3.8) is 0 Å². The van der Waals surface area contributed by atoms with Crippen molar-refractivity contribution in [3.05, 3.63) is 65.7 Å². The molecule has 0 spiro atoms. The number of halogens is 1. The highest BCUT2D eigenvalue weighted by Crippen LogP contribution is 2.23. The van der Waals surface area contributed by atoms with Gasteiger partial charge < -0.3 is 4.90 Å². The molecule has 3 rings (SSSR count). The SMILES string of the molecule is Cc1cccc(N2CCN(CC(Cl)c3ccccc3)CC2)c1. The first-order chi connectivity index (χ1) is 10.7. The third-order valence-electron chi connectivity index (χ3n) is 4.32. The van der Waals surface area contributed by atoms with E-state index in [1.54, 1.807) is 0 Å². The summed E-state index contributed by atoms with van der Waals surface area (Å²) in [4.78, 5) is 4.94. The van der Waals surface area contributed by atoms with Crippen molar-refractivity contribution in [1.29, 1.82) is 0 Å². The van der Waals surface area contributed by atoms with Crippen LogP contribution in [0.25, 0.3) is 0 Å². The van der Waals surface area contributed by atoms with Gasteiger partial charge in [0, 0.05) is 38.4 Å². The number of benzene rings is 2. The smallest absolute Gasteiger partial charge is 0.0712 e. The van der Waals surface area contributed by atoms with Crippen LogP contribution in [0.3, 0.4) is 0 Å². The maximum atomic E-state index is 6.56. The van der Waals surface area contributed by atoms with E-state index in [2.05, 4.69) is 65.3 Å². The Labute approximate surface area is 138 Å². The molecule has 22 heavy (non-hydrogen) atoms. The molecule has 2 aromatic carbocycles. The zero-order chi connectivity index (χ0) is 15.4. The first-order valence-corrected chi connectivity index (χ1v) is 8.39. The van der Waals surface area contributed by atoms with Crippen molar-refractivity contribution >= 4 is 17.3 Å². The summed E-state index contributed by atoms with van der Waals surface area (Å²) in [5.74, 6) is 0. The molecule has 0 bridgehead atoms. The largest absolute Gasteiger partial charge is 0.369 e. The molecule has 0 aliphatic carbocycles. The summed E-state index contributed by atoms with van der Waals surface area (Å²) < 4.78 is 0. The van der Waals surface area contributed by atoms with E-state index in [-0.39, 0.29) is 5.38 Å². The van der Waals surface area contributed by atoms with Crippen LogP contribution >= 0.6 is 11.6 Å². The average Bonchev–Trinajstić information content (AvgIpc) is 2.56. The van der Waals surface area contributed by atoms with E-state index in [1.807, 2.05) is 6.07 Å². The summed E-state index contributed by atoms with van der Waals surface area (Å²) in [5, 5.41) is 0.0757. The van der Waals surface area contributed by atoms with Crippen LogP contribution in [-0.4, -0.2) is 37.6 Å². The van der Waals surface area contributed by atoms with Crippen LogP contribution in [0, 0.1) is 6.92 Å². The molecule has 1 heterocycles. The zero-order valence-corrected chi connectivity index (χ0v) is 13.8. The molecule has 1 atom stereocenters. The van der Waals surface area contributed by atoms with Crippen LogP contribution in [0.15, 0.2) is 54.6 Å². The molecule has 116 valence electrons. The lowest BCUT2D eigenvalue weighted by atomic mass is 10.1. The second-order valence-electron chi connectivity index (χ2n) is 6.00. The van der Waals surface area contributed by atoms with Crippen LogP contribution in [0.4, 0.5) is 5.69 Å². The fraction of sp³-hybridized carbons (Fsp3) is 0.368. The van der Waals surface area contributed by atoms with Gasteiger partial charge in [-0.2, -0.15) is 0 Å². The van der Waals surface area contributed by atoms with Crippen molar-refractivity contribution in [1.82, 2.24) is 4.90 Å². The topological polar surface area (TPSA) is 6.48 Å². The van der Waals surface area contributed by atoms with E-state index in [9.17, 15) is 0 Å². The van der Waals surface area contributed by atoms with Crippen molar-refractivity contribution in [3.8, 4) is 0 Å². The quantitative estimate of drug-likeness (QED) is 0.784. The standard InChI is InChI=1S/C19H23ClN2/c1-16-6-5-9-18(14-16)22-12-10-21(11-13-22)15-19(20)17-7-3-2-4-8-17/h2-9,14,19H,10-13,15H2,1H3. The summed E-state index contributed by atoms with van der Waals surface area (Å²) in [6.07, 6.45) is 0. The molecule has 1 aliphatic heterocycles. The number of piperazine rings is 1. The van der Waals surface area contributed by atoms with Gasteiger partial charge in [-0.15, -0.1) is 11.6 Å². The third kappa shape index (κ3) is 3.82. The Morgan fingerprint density at radius 2 is 1.68 bits per heavy atom. The minimum Gasteiger partial charge on any atom is -0.369 e. The summed E-state index contributed by atoms with van der Waals surface area (Å²) in [5.41, 5.74) is 3.88. The minimum absolute atomic E-state index is 0.0757. The molecule has 1 fully saturated rings. The Hall–Kier alpha value is -1.51. The Bertz CT molecular complexity index is 591. The summed E-state index contributed by atoms with van der Waals surface area (Å²) in [6, 6.07) is 19.1. The number of hydrogen-bond acceptors (Lipinski definition) is 2. The van der Waals surface area contributed by atoms with Crippen LogP contribution in [-0.2, 0) is 0 Å². The minimum atomic E-state index is 0.0757. The van der Waals surface area contributed by atoms with E-state index in [1.165, 1.54) is 16.8 Å². The molecule has 1 unspecified atom stereocenters. The second-order valence-corrected chi connectivity index (χ2v) is 6.53. The van der Waals surface area contributed by atoms with Gasteiger partial charge in [0.15, 0.2) is 0 Å². The van der Waals surface area contributed by atoms with E-state index in [0.717, 1.165) is 32.7 Å². The predicted molar refractivity (Wildman–Crippen MR) is 94.9 cm³/mol. The Morgan fingerprint density at radius 1 is 0.955 bits per heavy atom. The molecule has 0 aromatic heterocycles. The average molecular weight is 315 g/mol. The van der Waals surface area contributed by atoms with Crippen LogP contribution in [0.2, 0.25) is 0 Å². The molecule has 3 heteroatoms. The summed E-state index contributed by atoms with van der Waals surface area (Å²) in [6.45, 7) is 7.36. The molecule has 1 aliphatic rings. The Morgan fingerprint density at radius 3 is 2.36 bits per heavy atom. The van der Waals surface area contributed by atoms with Gasteiger partial charge in [0.1, 0.15) is 0 Å². The molecule has 0 saturated carbocycles. The number of hydrogen-bond donors (Lipinski definition) is 0. The van der Waals surface area contributed by atoms with Crippen molar-refractivity contribution in [2.24, 2.45) is 0 Å². The maximum absolute atomic E-state index is 6.56. The summed E-state index contributed by atoms with van der Waals surface area (Å²) in [7, 11) is 0. The van der Waals surface area contributed by atoms with Gasteiger partial charge in [0.2, 0.25) is 0 Å². The van der Waals surface area contributed by atoms with Gasteiger partial charge in [-0.25, -0.2) is 0 Å². The van der Waals surface area contributed by atoms with Crippen molar-refractivity contribution in [2.75, 3.05) is 37.6 Å². The first-order valence-electron chi connectivity index (χ1n) is 7.95. The molecule has 1 saturated heterocycles. The first kappa shape index (κ1) is 15.4. The Kier molecular flexibility index (Phi) is 5.01. The third-order valence-corrected chi connectivity index (χ3v) is 4.71. The van der Waals surface area contributed by atoms with Gasteiger partial charge in [-0.3, -0.25) is 4.90 Å². The molecule has 0 amide bonds. The van der Waals surface area contributed by atoms with Crippen LogP contribution in [0.5, 0.6) is 0 Å². The van der Waals surface area contributed by atoms with Crippen LogP contribution in [0.1, 0.15) is 16.5 Å². The number of rotatable bonds is 4. The highest BCUT2D eigenvalue weighted by molar-refractivity contribution is 6.21. The van der Waals surface area contributed by atoms with E-state index < -0.39 is 0 Å². The summed E-state index contributed by atoms with van der Waals surface area (Å²) >= 11 is 6.56. The van der Waals surface area contributed by atoms with Gasteiger partial charge >= 0.3 is 0 Å². The van der Waals surface area contributed by atoms with Gasteiger partial charge in [0.05, 0.1) is 5.38 Å². The van der Waals surface area contributed by atoms with Crippen LogP contribution < -0.4 is 4.90 Å². The van der Waals surface area contributed by atoms with E-state index in [0.29, 0.717) is 0 Å². The number of anilines is 1. The van der Waals surface area contributed by atoms with Crippen molar-refractivity contribution < 1.29 is 0 Å². The Balaban J connectivity index is 1.54. The molecule has 0 N–H and O–H groups in total. The van der Waals surface area contributed by atoms with E-state index in [4.69, 9.17) is 11.6 Å². The van der Waals surface area contributed by atoms with Gasteiger partial charge in [-0.1, -0.05) is 42.5 Å². The fourth-order valence-corrected chi connectivity index (χ4v) is 3.35. The highest BCUT2D eigenvalue weighted by Gasteiger charge is 2.20. The van der Waals surface area contributed by atoms with Crippen molar-refractivity contribution in [2.45, 2.75) is 12.3 Å². The number of nitrogens with zero attached hydrogens (tertiary/aromatic N) is 2. The highest BCUT2D eigenvalue weighted by atomic mass is 35.5. The molecule has 2 nitrogen and oxygen atoms in total. The van der Waals surface area contributed by atoms with Gasteiger partial charge in [-0.05, 0) is 30.2 Å². The monoisotopic (exact) mass is 314 g/mol. The van der Waals surface area contributed by atoms with E-state index >= 15 is 0 Å². The molecule has 0 radical (unpaired) electrons. The predicted octanol–water partition coefficient (Wildman–Crippen LogP) is 4.10. The molecular weight excluding hydrogens is 292 g/mol.